The third-order valence-electron chi connectivity index (χ3n) is 5.03. The van der Waals surface area contributed by atoms with Crippen molar-refractivity contribution in [3.05, 3.63) is 69.4 Å². The van der Waals surface area contributed by atoms with Gasteiger partial charge >= 0.3 is 5.97 Å². The molecule has 2 aromatic rings. The van der Waals surface area contributed by atoms with Crippen molar-refractivity contribution in [2.75, 3.05) is 0 Å². The molecule has 2 aromatic carbocycles. The fourth-order valence-electron chi connectivity index (χ4n) is 3.31. The van der Waals surface area contributed by atoms with Crippen molar-refractivity contribution in [2.45, 2.75) is 20.0 Å². The van der Waals surface area contributed by atoms with Crippen LogP contribution >= 0.6 is 31.9 Å². The summed E-state index contributed by atoms with van der Waals surface area (Å²) < 4.78 is 25.0. The lowest BCUT2D eigenvalue weighted by atomic mass is 10.1. The summed E-state index contributed by atoms with van der Waals surface area (Å²) in [5.74, 6) is -0.136. The number of rotatable bonds is 6. The lowest BCUT2D eigenvalue weighted by Gasteiger charge is -2.13. The van der Waals surface area contributed by atoms with E-state index in [2.05, 4.69) is 31.9 Å². The summed E-state index contributed by atoms with van der Waals surface area (Å²) in [4.78, 5) is 12.7. The van der Waals surface area contributed by atoms with E-state index in [1.165, 1.54) is 24.3 Å². The SMILES string of the molecule is CC1(C)[C@H](C(=O)O[C@@H](C#N)c2cccc(Oc3ccc(F)cc3)c2)[C@@H]1C=C(Br)Br. The first-order chi connectivity index (χ1) is 13.7. The Hall–Kier alpha value is -2.17. The maximum atomic E-state index is 13.0. The summed E-state index contributed by atoms with van der Waals surface area (Å²) in [7, 11) is 0. The third-order valence-corrected chi connectivity index (χ3v) is 5.56. The quantitative estimate of drug-likeness (QED) is 0.399. The first-order valence-electron chi connectivity index (χ1n) is 8.88. The van der Waals surface area contributed by atoms with E-state index in [1.807, 2.05) is 26.0 Å². The van der Waals surface area contributed by atoms with Crippen LogP contribution in [0.5, 0.6) is 11.5 Å². The number of nitriles is 1. The van der Waals surface area contributed by atoms with Crippen molar-refractivity contribution in [3.63, 3.8) is 0 Å². The maximum Gasteiger partial charge on any atom is 0.311 e. The lowest BCUT2D eigenvalue weighted by Crippen LogP contribution is -2.14. The molecule has 29 heavy (non-hydrogen) atoms. The highest BCUT2D eigenvalue weighted by molar-refractivity contribution is 9.28. The van der Waals surface area contributed by atoms with Crippen LogP contribution < -0.4 is 4.74 Å². The summed E-state index contributed by atoms with van der Waals surface area (Å²) >= 11 is 6.64. The van der Waals surface area contributed by atoms with Crippen LogP contribution in [-0.2, 0) is 9.53 Å². The second kappa shape index (κ2) is 8.68. The smallest absolute Gasteiger partial charge is 0.311 e. The standard InChI is InChI=1S/C22H18Br2FNO3/c1-22(2)17(11-19(23)24)20(22)21(27)29-18(12-26)13-4-3-5-16(10-13)28-15-8-6-14(25)7-9-15/h3-11,17-18,20H,1-2H3/t17-,18-,20-/m0/s1. The molecule has 0 N–H and O–H groups in total. The van der Waals surface area contributed by atoms with Crippen LogP contribution in [0.2, 0.25) is 0 Å². The number of carbonyl (C=O) groups is 1. The summed E-state index contributed by atoms with van der Waals surface area (Å²) in [5, 5.41) is 9.55. The number of esters is 1. The highest BCUT2D eigenvalue weighted by Gasteiger charge is 2.61. The van der Waals surface area contributed by atoms with E-state index in [1.54, 1.807) is 24.3 Å². The van der Waals surface area contributed by atoms with Crippen LogP contribution in [-0.4, -0.2) is 5.97 Å². The molecule has 1 saturated carbocycles. The monoisotopic (exact) mass is 521 g/mol. The van der Waals surface area contributed by atoms with Gasteiger partial charge in [-0.3, -0.25) is 4.79 Å². The number of carbonyl (C=O) groups excluding carboxylic acids is 1. The second-order valence-electron chi connectivity index (χ2n) is 7.36. The number of ether oxygens (including phenoxy) is 2. The van der Waals surface area contributed by atoms with Gasteiger partial charge in [0.2, 0.25) is 6.10 Å². The molecule has 0 spiro atoms. The summed E-state index contributed by atoms with van der Waals surface area (Å²) in [5.41, 5.74) is 0.268. The van der Waals surface area contributed by atoms with Crippen molar-refractivity contribution in [1.82, 2.24) is 0 Å². The zero-order valence-corrected chi connectivity index (χ0v) is 18.9. The molecule has 1 fully saturated rings. The van der Waals surface area contributed by atoms with Gasteiger partial charge in [-0.25, -0.2) is 4.39 Å². The predicted molar refractivity (Wildman–Crippen MR) is 114 cm³/mol. The molecule has 4 nitrogen and oxygen atoms in total. The first-order valence-corrected chi connectivity index (χ1v) is 10.5. The topological polar surface area (TPSA) is 59.3 Å². The molecule has 0 radical (unpaired) electrons. The molecule has 0 aromatic heterocycles. The van der Waals surface area contributed by atoms with Gasteiger partial charge in [-0.15, -0.1) is 0 Å². The Morgan fingerprint density at radius 3 is 2.52 bits per heavy atom. The van der Waals surface area contributed by atoms with E-state index in [0.29, 0.717) is 17.1 Å². The van der Waals surface area contributed by atoms with E-state index in [9.17, 15) is 14.4 Å². The van der Waals surface area contributed by atoms with Gasteiger partial charge in [0.25, 0.3) is 0 Å². The fraction of sp³-hybridized carbons (Fsp3) is 0.273. The van der Waals surface area contributed by atoms with Crippen LogP contribution in [0, 0.1) is 34.4 Å². The highest BCUT2D eigenvalue weighted by Crippen LogP contribution is 2.60. The highest BCUT2D eigenvalue weighted by atomic mass is 79.9. The Morgan fingerprint density at radius 2 is 1.90 bits per heavy atom. The van der Waals surface area contributed by atoms with E-state index in [-0.39, 0.29) is 23.1 Å². The van der Waals surface area contributed by atoms with Gasteiger partial charge in [0.05, 0.1) is 9.31 Å². The Balaban J connectivity index is 1.72. The van der Waals surface area contributed by atoms with Crippen LogP contribution in [0.25, 0.3) is 0 Å². The van der Waals surface area contributed by atoms with Crippen LogP contribution in [0.15, 0.2) is 58.0 Å². The van der Waals surface area contributed by atoms with Crippen molar-refractivity contribution < 1.29 is 18.7 Å². The number of halogens is 3. The van der Waals surface area contributed by atoms with Gasteiger partial charge < -0.3 is 9.47 Å². The van der Waals surface area contributed by atoms with Crippen molar-refractivity contribution in [3.8, 4) is 17.6 Å². The Morgan fingerprint density at radius 1 is 1.21 bits per heavy atom. The number of allylic oxidation sites excluding steroid dienone is 1. The van der Waals surface area contributed by atoms with Gasteiger partial charge in [-0.2, -0.15) is 5.26 Å². The van der Waals surface area contributed by atoms with E-state index in [0.717, 1.165) is 3.39 Å². The molecular formula is C22H18Br2FNO3. The molecule has 150 valence electrons. The van der Waals surface area contributed by atoms with Crippen molar-refractivity contribution >= 4 is 37.8 Å². The second-order valence-corrected chi connectivity index (χ2v) is 10.1. The molecule has 1 aliphatic carbocycles. The van der Waals surface area contributed by atoms with Gasteiger partial charge in [0, 0.05) is 5.56 Å². The number of benzene rings is 2. The average molecular weight is 523 g/mol. The molecular weight excluding hydrogens is 505 g/mol. The molecule has 1 aliphatic rings. The first kappa shape index (κ1) is 21.5. The fourth-order valence-corrected chi connectivity index (χ4v) is 3.88. The van der Waals surface area contributed by atoms with Gasteiger partial charge in [-0.1, -0.05) is 32.1 Å². The van der Waals surface area contributed by atoms with Crippen LogP contribution in [0.1, 0.15) is 25.5 Å². The summed E-state index contributed by atoms with van der Waals surface area (Å²) in [6, 6.07) is 14.4. The average Bonchev–Trinajstić information content (AvgIpc) is 3.21. The Kier molecular flexibility index (Phi) is 6.45. The lowest BCUT2D eigenvalue weighted by molar-refractivity contribution is -0.149. The van der Waals surface area contributed by atoms with E-state index >= 15 is 0 Å². The largest absolute Gasteiger partial charge is 0.457 e. The molecule has 0 saturated heterocycles. The molecule has 7 heteroatoms. The molecule has 3 rings (SSSR count). The number of nitrogens with zero attached hydrogens (tertiary/aromatic N) is 1. The molecule has 0 amide bonds. The van der Waals surface area contributed by atoms with E-state index in [4.69, 9.17) is 9.47 Å². The minimum atomic E-state index is -1.05. The van der Waals surface area contributed by atoms with Crippen LogP contribution in [0.3, 0.4) is 0 Å². The predicted octanol–water partition coefficient (Wildman–Crippen LogP) is 6.63. The third kappa shape index (κ3) is 5.06. The Bertz CT molecular complexity index is 978. The van der Waals surface area contributed by atoms with Crippen molar-refractivity contribution in [2.24, 2.45) is 17.3 Å². The zero-order valence-electron chi connectivity index (χ0n) is 15.7. The van der Waals surface area contributed by atoms with Crippen LogP contribution in [0.4, 0.5) is 4.39 Å². The minimum Gasteiger partial charge on any atom is -0.457 e. The molecule has 0 unspecified atom stereocenters. The molecule has 0 bridgehead atoms. The Labute approximate surface area is 185 Å². The molecule has 0 aliphatic heterocycles. The number of hydrogen-bond acceptors (Lipinski definition) is 4. The van der Waals surface area contributed by atoms with Gasteiger partial charge in [-0.05, 0) is 79.6 Å². The summed E-state index contributed by atoms with van der Waals surface area (Å²) in [6.07, 6.45) is 0.873. The van der Waals surface area contributed by atoms with Gasteiger partial charge in [0.15, 0.2) is 0 Å². The summed E-state index contributed by atoms with van der Waals surface area (Å²) in [6.45, 7) is 3.98. The molecule has 0 heterocycles. The van der Waals surface area contributed by atoms with E-state index < -0.39 is 12.1 Å². The molecule has 3 atom stereocenters. The van der Waals surface area contributed by atoms with Crippen molar-refractivity contribution in [1.29, 1.82) is 5.26 Å². The number of hydrogen-bond donors (Lipinski definition) is 0. The normalized spacial score (nSPS) is 20.1. The zero-order chi connectivity index (χ0) is 21.2. The minimum absolute atomic E-state index is 0.0243. The maximum absolute atomic E-state index is 13.0. The van der Waals surface area contributed by atoms with Gasteiger partial charge in [0.1, 0.15) is 23.4 Å².